The van der Waals surface area contributed by atoms with Crippen molar-refractivity contribution >= 4 is 23.8 Å². The van der Waals surface area contributed by atoms with Gasteiger partial charge in [0.15, 0.2) is 0 Å². The molecule has 0 aromatic rings. The molecule has 0 aromatic heterocycles. The molecule has 110 valence electrons. The number of carbonyl (C=O) groups excluding carboxylic acids is 4. The highest BCUT2D eigenvalue weighted by molar-refractivity contribution is 5.90. The van der Waals surface area contributed by atoms with E-state index in [9.17, 15) is 19.2 Å². The molecule has 0 saturated carbocycles. The van der Waals surface area contributed by atoms with E-state index in [0.29, 0.717) is 0 Å². The predicted molar refractivity (Wildman–Crippen MR) is 67.3 cm³/mol. The summed E-state index contributed by atoms with van der Waals surface area (Å²) in [5.41, 5.74) is 3.94. The van der Waals surface area contributed by atoms with Gasteiger partial charge in [-0.1, -0.05) is 13.2 Å². The van der Waals surface area contributed by atoms with Crippen molar-refractivity contribution in [2.75, 3.05) is 0 Å². The first-order valence-corrected chi connectivity index (χ1v) is 5.55. The van der Waals surface area contributed by atoms with E-state index in [1.165, 1.54) is 13.8 Å². The first kappa shape index (κ1) is 17.4. The number of hydrogen-bond acceptors (Lipinski definition) is 6. The number of rotatable bonds is 5. The summed E-state index contributed by atoms with van der Waals surface area (Å²) in [6, 6.07) is 0. The second-order valence-electron chi connectivity index (χ2n) is 3.89. The molecule has 20 heavy (non-hydrogen) atoms. The highest BCUT2D eigenvalue weighted by Gasteiger charge is 2.11. The van der Waals surface area contributed by atoms with Gasteiger partial charge in [0.1, 0.15) is 0 Å². The number of amides is 2. The average Bonchev–Trinajstić information content (AvgIpc) is 2.39. The van der Waals surface area contributed by atoms with Crippen molar-refractivity contribution in [3.8, 4) is 0 Å². The van der Waals surface area contributed by atoms with Crippen LogP contribution in [0.3, 0.4) is 0 Å². The van der Waals surface area contributed by atoms with Crippen LogP contribution in [-0.2, 0) is 28.9 Å². The zero-order valence-corrected chi connectivity index (χ0v) is 11.3. The molecule has 0 aromatic carbocycles. The Labute approximate surface area is 115 Å². The van der Waals surface area contributed by atoms with Crippen LogP contribution >= 0.6 is 0 Å². The van der Waals surface area contributed by atoms with Crippen molar-refractivity contribution in [3.05, 3.63) is 24.3 Å². The van der Waals surface area contributed by atoms with Crippen LogP contribution in [0.5, 0.6) is 0 Å². The molecular formula is C12H16N2O6. The number of hydroxylamine groups is 2. The van der Waals surface area contributed by atoms with Gasteiger partial charge in [-0.3, -0.25) is 9.59 Å². The Bertz CT molecular complexity index is 413. The second kappa shape index (κ2) is 8.46. The lowest BCUT2D eigenvalue weighted by molar-refractivity contribution is -0.156. The SMILES string of the molecule is C=C(C)C(=O)ONC(=O)CCC(=O)NOC(=O)C(=C)C. The molecule has 2 N–H and O–H groups in total. The Hall–Kier alpha value is -2.64. The number of nitrogens with one attached hydrogen (secondary N) is 2. The van der Waals surface area contributed by atoms with E-state index < -0.39 is 23.8 Å². The molecule has 0 bridgehead atoms. The maximum absolute atomic E-state index is 11.2. The summed E-state index contributed by atoms with van der Waals surface area (Å²) in [5.74, 6) is -2.92. The van der Waals surface area contributed by atoms with E-state index in [1.807, 2.05) is 11.0 Å². The van der Waals surface area contributed by atoms with Gasteiger partial charge in [0.05, 0.1) is 0 Å². The third kappa shape index (κ3) is 7.64. The summed E-state index contributed by atoms with van der Waals surface area (Å²) in [7, 11) is 0. The normalized spacial score (nSPS) is 9.10. The van der Waals surface area contributed by atoms with E-state index in [0.717, 1.165) is 0 Å². The average molecular weight is 284 g/mol. The van der Waals surface area contributed by atoms with Gasteiger partial charge in [-0.2, -0.15) is 11.0 Å². The fourth-order valence-corrected chi connectivity index (χ4v) is 0.710. The van der Waals surface area contributed by atoms with Crippen molar-refractivity contribution in [2.24, 2.45) is 0 Å². The van der Waals surface area contributed by atoms with Crippen LogP contribution in [0.15, 0.2) is 24.3 Å². The standard InChI is InChI=1S/C12H16N2O6/c1-7(2)11(17)19-13-9(15)5-6-10(16)14-20-12(18)8(3)4/h1,3,5-6H2,2,4H3,(H,13,15)(H,14,16). The highest BCUT2D eigenvalue weighted by Crippen LogP contribution is 1.94. The summed E-state index contributed by atoms with van der Waals surface area (Å²) in [6.07, 6.45) is -0.500. The van der Waals surface area contributed by atoms with Gasteiger partial charge < -0.3 is 9.68 Å². The molecule has 0 spiro atoms. The van der Waals surface area contributed by atoms with Crippen molar-refractivity contribution in [3.63, 3.8) is 0 Å². The molecule has 0 fully saturated rings. The maximum Gasteiger partial charge on any atom is 0.358 e. The van der Waals surface area contributed by atoms with Crippen LogP contribution in [0, 0.1) is 0 Å². The van der Waals surface area contributed by atoms with E-state index >= 15 is 0 Å². The maximum atomic E-state index is 11.2. The van der Waals surface area contributed by atoms with Crippen LogP contribution in [0.1, 0.15) is 26.7 Å². The third-order valence-electron chi connectivity index (χ3n) is 1.79. The Morgan fingerprint density at radius 1 is 0.800 bits per heavy atom. The van der Waals surface area contributed by atoms with Crippen LogP contribution in [0.25, 0.3) is 0 Å². The van der Waals surface area contributed by atoms with Crippen molar-refractivity contribution in [1.29, 1.82) is 0 Å². The molecule has 0 atom stereocenters. The lowest BCUT2D eigenvalue weighted by atomic mass is 10.3. The monoisotopic (exact) mass is 284 g/mol. The van der Waals surface area contributed by atoms with Gasteiger partial charge in [0.25, 0.3) is 11.8 Å². The van der Waals surface area contributed by atoms with Crippen LogP contribution in [0.4, 0.5) is 0 Å². The summed E-state index contributed by atoms with van der Waals surface area (Å²) in [5, 5.41) is 0. The predicted octanol–water partition coefficient (Wildman–Crippen LogP) is 0.0676. The van der Waals surface area contributed by atoms with E-state index in [2.05, 4.69) is 22.8 Å². The first-order valence-electron chi connectivity index (χ1n) is 5.55. The molecule has 0 aliphatic heterocycles. The van der Waals surface area contributed by atoms with E-state index in [-0.39, 0.29) is 24.0 Å². The zero-order chi connectivity index (χ0) is 15.7. The summed E-state index contributed by atoms with van der Waals surface area (Å²) >= 11 is 0. The van der Waals surface area contributed by atoms with Gasteiger partial charge in [-0.15, -0.1) is 0 Å². The summed E-state index contributed by atoms with van der Waals surface area (Å²) < 4.78 is 0. The third-order valence-corrected chi connectivity index (χ3v) is 1.79. The second-order valence-corrected chi connectivity index (χ2v) is 3.89. The van der Waals surface area contributed by atoms with Crippen molar-refractivity contribution in [1.82, 2.24) is 11.0 Å². The van der Waals surface area contributed by atoms with E-state index in [4.69, 9.17) is 0 Å². The number of carbonyl (C=O) groups is 4. The van der Waals surface area contributed by atoms with Gasteiger partial charge >= 0.3 is 11.9 Å². The molecule has 2 amide bonds. The van der Waals surface area contributed by atoms with Gasteiger partial charge in [-0.25, -0.2) is 9.59 Å². The number of hydrogen-bond donors (Lipinski definition) is 2. The minimum absolute atomic E-state index is 0.120. The molecule has 0 saturated heterocycles. The molecule has 0 aliphatic carbocycles. The largest absolute Gasteiger partial charge is 0.358 e. The lowest BCUT2D eigenvalue weighted by Crippen LogP contribution is -2.31. The molecule has 8 nitrogen and oxygen atoms in total. The minimum atomic E-state index is -0.779. The Balaban J connectivity index is 3.87. The summed E-state index contributed by atoms with van der Waals surface area (Å²) in [6.45, 7) is 9.46. The smallest absolute Gasteiger partial charge is 0.336 e. The fraction of sp³-hybridized carbons (Fsp3) is 0.333. The van der Waals surface area contributed by atoms with Crippen molar-refractivity contribution in [2.45, 2.75) is 26.7 Å². The van der Waals surface area contributed by atoms with Gasteiger partial charge in [0, 0.05) is 24.0 Å². The Kier molecular flexibility index (Phi) is 7.34. The molecular weight excluding hydrogens is 268 g/mol. The topological polar surface area (TPSA) is 111 Å². The minimum Gasteiger partial charge on any atom is -0.336 e. The van der Waals surface area contributed by atoms with E-state index in [1.54, 1.807) is 0 Å². The fourth-order valence-electron chi connectivity index (χ4n) is 0.710. The lowest BCUT2D eigenvalue weighted by Gasteiger charge is -2.06. The molecule has 8 heteroatoms. The Morgan fingerprint density at radius 2 is 1.10 bits per heavy atom. The molecule has 0 rings (SSSR count). The Morgan fingerprint density at radius 3 is 1.35 bits per heavy atom. The molecule has 0 aliphatic rings. The van der Waals surface area contributed by atoms with Crippen LogP contribution < -0.4 is 11.0 Å². The highest BCUT2D eigenvalue weighted by atomic mass is 16.7. The van der Waals surface area contributed by atoms with Crippen molar-refractivity contribution < 1.29 is 28.9 Å². The van der Waals surface area contributed by atoms with Gasteiger partial charge in [-0.05, 0) is 13.8 Å². The van der Waals surface area contributed by atoms with Crippen LogP contribution in [0.2, 0.25) is 0 Å². The van der Waals surface area contributed by atoms with Crippen LogP contribution in [-0.4, -0.2) is 23.8 Å². The summed E-state index contributed by atoms with van der Waals surface area (Å²) in [4.78, 5) is 53.0. The quantitative estimate of drug-likeness (QED) is 0.546. The molecule has 0 unspecified atom stereocenters. The first-order chi connectivity index (χ1) is 9.23. The zero-order valence-electron chi connectivity index (χ0n) is 11.3. The van der Waals surface area contributed by atoms with Gasteiger partial charge in [0.2, 0.25) is 0 Å². The molecule has 0 heterocycles. The molecule has 0 radical (unpaired) electrons.